The normalized spacial score (nSPS) is 16.2. The number of alkyl halides is 6. The highest BCUT2D eigenvalue weighted by molar-refractivity contribution is 7.80. The fourth-order valence-electron chi connectivity index (χ4n) is 5.35. The Bertz CT molecular complexity index is 1800. The summed E-state index contributed by atoms with van der Waals surface area (Å²) in [5.74, 6) is -1.91. The average molecular weight is 695 g/mol. The molecule has 0 unspecified atom stereocenters. The number of thiocarbonyl (C=S) groups is 1. The minimum atomic E-state index is -4.64. The van der Waals surface area contributed by atoms with Gasteiger partial charge in [-0.05, 0) is 123 Å². The highest BCUT2D eigenvalue weighted by atomic mass is 32.1. The van der Waals surface area contributed by atoms with Crippen LogP contribution in [0.2, 0.25) is 0 Å². The van der Waals surface area contributed by atoms with E-state index in [4.69, 9.17) is 21.7 Å². The van der Waals surface area contributed by atoms with Gasteiger partial charge in [0, 0.05) is 16.8 Å². The summed E-state index contributed by atoms with van der Waals surface area (Å²) in [5, 5.41) is 5.65. The number of carbonyl (C=O) groups excluding carboxylic acids is 1. The number of fused-ring (bicyclic) bond motifs is 2. The number of hydrogen-bond donors (Lipinski definition) is 2. The van der Waals surface area contributed by atoms with Crippen molar-refractivity contribution >= 4 is 34.9 Å². The molecule has 0 fully saturated rings. The Hall–Kier alpha value is -4.72. The predicted molar refractivity (Wildman–Crippen MR) is 167 cm³/mol. The molecular weight excluding hydrogens is 668 g/mol. The average Bonchev–Trinajstić information content (AvgIpc) is 2.95. The SMILES string of the molecule is CC1(C)OC(=O)Nc2ccc(-c3cc(F)cc(C(F)(F)F)c3)cc21.CC1(C)OC(=S)Nc2ccc(-c3cc(F)cc(C(F)(F)F)c3)cc21. The van der Waals surface area contributed by atoms with Crippen molar-refractivity contribution in [3.63, 3.8) is 0 Å². The van der Waals surface area contributed by atoms with Crippen molar-refractivity contribution in [1.29, 1.82) is 0 Å². The van der Waals surface area contributed by atoms with Crippen LogP contribution in [0.5, 0.6) is 0 Å². The van der Waals surface area contributed by atoms with E-state index < -0.39 is 52.4 Å². The lowest BCUT2D eigenvalue weighted by Gasteiger charge is -2.34. The smallest absolute Gasteiger partial charge is 0.416 e. The minimum absolute atomic E-state index is 0.0952. The van der Waals surface area contributed by atoms with Crippen LogP contribution in [0.3, 0.4) is 0 Å². The van der Waals surface area contributed by atoms with E-state index in [1.807, 2.05) is 0 Å². The van der Waals surface area contributed by atoms with Gasteiger partial charge in [-0.15, -0.1) is 0 Å². The summed E-state index contributed by atoms with van der Waals surface area (Å²) >= 11 is 5.02. The number of ether oxygens (including phenoxy) is 2. The molecule has 2 N–H and O–H groups in total. The maximum absolute atomic E-state index is 13.6. The van der Waals surface area contributed by atoms with Crippen LogP contribution in [-0.4, -0.2) is 11.3 Å². The molecule has 0 atom stereocenters. The second-order valence-electron chi connectivity index (χ2n) is 12.0. The highest BCUT2D eigenvalue weighted by Gasteiger charge is 2.36. The van der Waals surface area contributed by atoms with Crippen LogP contribution in [0.15, 0.2) is 72.8 Å². The first kappa shape index (κ1) is 34.6. The molecule has 0 aliphatic carbocycles. The van der Waals surface area contributed by atoms with Crippen LogP contribution >= 0.6 is 12.2 Å². The molecular formula is C34H26F8N2O3S. The molecule has 2 heterocycles. The van der Waals surface area contributed by atoms with Crippen molar-refractivity contribution in [2.75, 3.05) is 10.6 Å². The zero-order valence-corrected chi connectivity index (χ0v) is 26.4. The maximum Gasteiger partial charge on any atom is 0.416 e. The third kappa shape index (κ3) is 7.38. The van der Waals surface area contributed by atoms with Crippen LogP contribution in [0.25, 0.3) is 22.3 Å². The van der Waals surface area contributed by atoms with Gasteiger partial charge in [0.1, 0.15) is 22.8 Å². The number of halogens is 8. The molecule has 252 valence electrons. The van der Waals surface area contributed by atoms with Gasteiger partial charge in [0.25, 0.3) is 5.17 Å². The van der Waals surface area contributed by atoms with Crippen LogP contribution in [0.4, 0.5) is 51.3 Å². The minimum Gasteiger partial charge on any atom is -0.460 e. The predicted octanol–water partition coefficient (Wildman–Crippen LogP) is 10.8. The lowest BCUT2D eigenvalue weighted by molar-refractivity contribution is -0.138. The first-order valence-corrected chi connectivity index (χ1v) is 14.6. The Morgan fingerprint density at radius 3 is 1.44 bits per heavy atom. The quantitative estimate of drug-likeness (QED) is 0.162. The largest absolute Gasteiger partial charge is 0.460 e. The molecule has 14 heteroatoms. The van der Waals surface area contributed by atoms with Crippen LogP contribution in [0, 0.1) is 11.6 Å². The first-order chi connectivity index (χ1) is 22.1. The van der Waals surface area contributed by atoms with E-state index in [0.29, 0.717) is 40.2 Å². The molecule has 0 bridgehead atoms. The summed E-state index contributed by atoms with van der Waals surface area (Å²) in [7, 11) is 0. The van der Waals surface area contributed by atoms with Crippen LogP contribution in [-0.2, 0) is 33.0 Å². The van der Waals surface area contributed by atoms with Crippen molar-refractivity contribution in [3.05, 3.63) is 107 Å². The van der Waals surface area contributed by atoms with E-state index >= 15 is 0 Å². The summed E-state index contributed by atoms with van der Waals surface area (Å²) in [6.07, 6.45) is -9.85. The van der Waals surface area contributed by atoms with Crippen LogP contribution in [0.1, 0.15) is 49.9 Å². The topological polar surface area (TPSA) is 59.6 Å². The second kappa shape index (κ2) is 12.1. The number of carbonyl (C=O) groups is 1. The lowest BCUT2D eigenvalue weighted by atomic mass is 9.91. The zero-order valence-electron chi connectivity index (χ0n) is 25.6. The number of benzene rings is 4. The Labute approximate surface area is 274 Å². The summed E-state index contributed by atoms with van der Waals surface area (Å²) < 4.78 is 115. The van der Waals surface area contributed by atoms with Crippen molar-refractivity contribution in [2.45, 2.75) is 51.2 Å². The van der Waals surface area contributed by atoms with E-state index in [9.17, 15) is 39.9 Å². The summed E-state index contributed by atoms with van der Waals surface area (Å²) in [5.41, 5.74) is -0.127. The molecule has 6 rings (SSSR count). The highest BCUT2D eigenvalue weighted by Crippen LogP contribution is 2.41. The third-order valence-corrected chi connectivity index (χ3v) is 7.81. The van der Waals surface area contributed by atoms with Gasteiger partial charge in [0.15, 0.2) is 0 Å². The molecule has 4 aromatic rings. The second-order valence-corrected chi connectivity index (χ2v) is 12.4. The van der Waals surface area contributed by atoms with E-state index in [1.165, 1.54) is 6.07 Å². The third-order valence-electron chi connectivity index (χ3n) is 7.62. The molecule has 0 saturated carbocycles. The maximum atomic E-state index is 13.6. The fourth-order valence-corrected chi connectivity index (χ4v) is 5.66. The molecule has 4 aromatic carbocycles. The number of hydrogen-bond acceptors (Lipinski definition) is 4. The number of rotatable bonds is 2. The number of nitrogens with one attached hydrogen (secondary N) is 2. The molecule has 0 aromatic heterocycles. The molecule has 1 amide bonds. The molecule has 48 heavy (non-hydrogen) atoms. The van der Waals surface area contributed by atoms with Gasteiger partial charge in [-0.3, -0.25) is 5.32 Å². The standard InChI is InChI=1S/C17H13F4NO2.C17H13F4NOS/c1-16(2)13-7-9(3-4-14(13)22-15(23)24-16)10-5-11(17(19,20)21)8-12(18)6-10;1-16(2)13-7-9(3-4-14(13)22-15(24)23-16)10-5-11(17(19,20)21)8-12(18)6-10/h3-8H,1-2H3,(H,22,23);3-8H,1-2H3,(H,22,24). The monoisotopic (exact) mass is 694 g/mol. The summed E-state index contributed by atoms with van der Waals surface area (Å²) in [4.78, 5) is 11.5. The number of amides is 1. The van der Waals surface area contributed by atoms with Gasteiger partial charge >= 0.3 is 18.4 Å². The van der Waals surface area contributed by atoms with Gasteiger partial charge in [0.2, 0.25) is 0 Å². The van der Waals surface area contributed by atoms with Crippen molar-refractivity contribution < 1.29 is 49.4 Å². The fraction of sp³-hybridized carbons (Fsp3) is 0.235. The lowest BCUT2D eigenvalue weighted by Crippen LogP contribution is -2.34. The molecule has 0 saturated heterocycles. The summed E-state index contributed by atoms with van der Waals surface area (Å²) in [6, 6.07) is 14.5. The van der Waals surface area contributed by atoms with E-state index in [1.54, 1.807) is 58.0 Å². The Morgan fingerprint density at radius 1 is 0.583 bits per heavy atom. The number of anilines is 2. The van der Waals surface area contributed by atoms with Gasteiger partial charge in [-0.25, -0.2) is 13.6 Å². The van der Waals surface area contributed by atoms with E-state index in [2.05, 4.69) is 10.6 Å². The van der Waals surface area contributed by atoms with E-state index in [0.717, 1.165) is 29.8 Å². The van der Waals surface area contributed by atoms with Crippen molar-refractivity contribution in [1.82, 2.24) is 0 Å². The Kier molecular flexibility index (Phi) is 8.70. The summed E-state index contributed by atoms with van der Waals surface area (Å²) in [6.45, 7) is 6.94. The zero-order chi connectivity index (χ0) is 35.4. The first-order valence-electron chi connectivity index (χ1n) is 14.2. The molecule has 5 nitrogen and oxygen atoms in total. The Morgan fingerprint density at radius 2 is 1.00 bits per heavy atom. The van der Waals surface area contributed by atoms with Gasteiger partial charge in [-0.1, -0.05) is 12.1 Å². The van der Waals surface area contributed by atoms with Gasteiger partial charge in [-0.2, -0.15) is 26.3 Å². The Balaban J connectivity index is 0.000000188. The number of cyclic esters (lactones) is 1. The van der Waals surface area contributed by atoms with E-state index in [-0.39, 0.29) is 16.3 Å². The van der Waals surface area contributed by atoms with Gasteiger partial charge in [0.05, 0.1) is 16.8 Å². The van der Waals surface area contributed by atoms with Crippen molar-refractivity contribution in [2.24, 2.45) is 0 Å². The molecule has 2 aliphatic rings. The van der Waals surface area contributed by atoms with Gasteiger partial charge < -0.3 is 14.8 Å². The van der Waals surface area contributed by atoms with Crippen molar-refractivity contribution in [3.8, 4) is 22.3 Å². The molecule has 0 radical (unpaired) electrons. The molecule has 2 aliphatic heterocycles. The van der Waals surface area contributed by atoms with Crippen LogP contribution < -0.4 is 10.6 Å². The molecule has 0 spiro atoms.